The highest BCUT2D eigenvalue weighted by molar-refractivity contribution is 9.10. The van der Waals surface area contributed by atoms with Crippen LogP contribution in [-0.4, -0.2) is 40.8 Å². The maximum absolute atomic E-state index is 11.5. The van der Waals surface area contributed by atoms with E-state index in [1.54, 1.807) is 4.90 Å². The van der Waals surface area contributed by atoms with Crippen LogP contribution in [0.15, 0.2) is 0 Å². The Bertz CT molecular complexity index is 256. The van der Waals surface area contributed by atoms with E-state index in [0.717, 1.165) is 6.42 Å². The number of carbonyl (C=O) groups excluding carboxylic acids is 2. The van der Waals surface area contributed by atoms with Crippen molar-refractivity contribution in [1.29, 1.82) is 0 Å². The molecule has 2 heterocycles. The summed E-state index contributed by atoms with van der Waals surface area (Å²) in [6.45, 7) is 1.11. The van der Waals surface area contributed by atoms with Crippen molar-refractivity contribution in [2.45, 2.75) is 23.7 Å². The lowest BCUT2D eigenvalue weighted by Gasteiger charge is -2.19. The Balaban J connectivity index is 2.09. The Morgan fingerprint density at radius 1 is 1.38 bits per heavy atom. The SMILES string of the molecule is O=C1OCCC1N1CCC(Br)C1=O. The van der Waals surface area contributed by atoms with Crippen molar-refractivity contribution >= 4 is 27.8 Å². The van der Waals surface area contributed by atoms with Gasteiger partial charge in [0, 0.05) is 13.0 Å². The average molecular weight is 248 g/mol. The molecule has 2 atom stereocenters. The molecular formula is C8H10BrNO3. The van der Waals surface area contributed by atoms with Gasteiger partial charge in [-0.3, -0.25) is 4.79 Å². The molecule has 1 amide bonds. The number of rotatable bonds is 1. The molecule has 0 bridgehead atoms. The fourth-order valence-electron chi connectivity index (χ4n) is 1.74. The summed E-state index contributed by atoms with van der Waals surface area (Å²) in [6.07, 6.45) is 1.42. The highest BCUT2D eigenvalue weighted by Gasteiger charge is 2.40. The fourth-order valence-corrected chi connectivity index (χ4v) is 2.21. The Morgan fingerprint density at radius 3 is 2.62 bits per heavy atom. The smallest absolute Gasteiger partial charge is 0.328 e. The van der Waals surface area contributed by atoms with Crippen LogP contribution in [-0.2, 0) is 14.3 Å². The molecule has 0 aromatic rings. The van der Waals surface area contributed by atoms with Gasteiger partial charge in [0.25, 0.3) is 0 Å². The molecule has 13 heavy (non-hydrogen) atoms. The van der Waals surface area contributed by atoms with E-state index in [4.69, 9.17) is 4.74 Å². The summed E-state index contributed by atoms with van der Waals surface area (Å²) in [5.74, 6) is -0.237. The number of halogens is 1. The van der Waals surface area contributed by atoms with Crippen molar-refractivity contribution in [2.75, 3.05) is 13.2 Å². The minimum atomic E-state index is -0.324. The van der Waals surface area contributed by atoms with Gasteiger partial charge in [-0.05, 0) is 6.42 Å². The highest BCUT2D eigenvalue weighted by atomic mass is 79.9. The van der Waals surface area contributed by atoms with Crippen molar-refractivity contribution in [1.82, 2.24) is 4.90 Å². The minimum absolute atomic E-state index is 0.0175. The molecule has 0 spiro atoms. The largest absolute Gasteiger partial charge is 0.464 e. The number of esters is 1. The number of cyclic esters (lactones) is 1. The number of hydrogen-bond acceptors (Lipinski definition) is 3. The molecule has 2 fully saturated rings. The van der Waals surface area contributed by atoms with Gasteiger partial charge in [-0.2, -0.15) is 0 Å². The van der Waals surface area contributed by atoms with E-state index in [1.807, 2.05) is 0 Å². The number of nitrogens with zero attached hydrogens (tertiary/aromatic N) is 1. The lowest BCUT2D eigenvalue weighted by atomic mass is 10.2. The van der Waals surface area contributed by atoms with Crippen LogP contribution in [0, 0.1) is 0 Å². The molecule has 0 N–H and O–H groups in total. The first kappa shape index (κ1) is 8.99. The molecule has 2 aliphatic heterocycles. The van der Waals surface area contributed by atoms with E-state index in [9.17, 15) is 9.59 Å². The van der Waals surface area contributed by atoms with Crippen LogP contribution >= 0.6 is 15.9 Å². The van der Waals surface area contributed by atoms with Crippen molar-refractivity contribution in [2.24, 2.45) is 0 Å². The van der Waals surface area contributed by atoms with E-state index >= 15 is 0 Å². The summed E-state index contributed by atoms with van der Waals surface area (Å²) >= 11 is 3.27. The predicted octanol–water partition coefficient (Wildman–Crippen LogP) is 0.298. The average Bonchev–Trinajstić information content (AvgIpc) is 2.62. The first-order valence-corrected chi connectivity index (χ1v) is 5.23. The van der Waals surface area contributed by atoms with Crippen LogP contribution in [0.25, 0.3) is 0 Å². The molecule has 0 radical (unpaired) electrons. The molecule has 2 saturated heterocycles. The topological polar surface area (TPSA) is 46.6 Å². The number of hydrogen-bond donors (Lipinski definition) is 0. The standard InChI is InChI=1S/C8H10BrNO3/c9-5-1-3-10(7(5)11)6-2-4-13-8(6)12/h5-6H,1-4H2. The fraction of sp³-hybridized carbons (Fsp3) is 0.750. The molecule has 0 aliphatic carbocycles. The molecule has 0 aromatic heterocycles. The van der Waals surface area contributed by atoms with Gasteiger partial charge in [-0.1, -0.05) is 15.9 Å². The summed E-state index contributed by atoms with van der Waals surface area (Å²) in [5.41, 5.74) is 0. The van der Waals surface area contributed by atoms with Crippen molar-refractivity contribution in [3.05, 3.63) is 0 Å². The van der Waals surface area contributed by atoms with Gasteiger partial charge in [0.05, 0.1) is 11.4 Å². The maximum Gasteiger partial charge on any atom is 0.328 e. The Labute approximate surface area is 84.3 Å². The molecular weight excluding hydrogens is 238 g/mol. The van der Waals surface area contributed by atoms with E-state index in [2.05, 4.69) is 15.9 Å². The number of alkyl halides is 1. The van der Waals surface area contributed by atoms with Crippen LogP contribution in [0.5, 0.6) is 0 Å². The van der Waals surface area contributed by atoms with Gasteiger partial charge in [0.15, 0.2) is 0 Å². The van der Waals surface area contributed by atoms with Crippen LogP contribution in [0.3, 0.4) is 0 Å². The number of likely N-dealkylation sites (tertiary alicyclic amines) is 1. The van der Waals surface area contributed by atoms with Crippen molar-refractivity contribution in [3.63, 3.8) is 0 Å². The molecule has 2 unspecified atom stereocenters. The van der Waals surface area contributed by atoms with Crippen molar-refractivity contribution in [3.8, 4) is 0 Å². The highest BCUT2D eigenvalue weighted by Crippen LogP contribution is 2.24. The van der Waals surface area contributed by atoms with Crippen LogP contribution in [0.4, 0.5) is 0 Å². The first-order chi connectivity index (χ1) is 6.20. The van der Waals surface area contributed by atoms with Gasteiger partial charge in [0.1, 0.15) is 6.04 Å². The normalized spacial score (nSPS) is 34.1. The van der Waals surface area contributed by atoms with Gasteiger partial charge < -0.3 is 9.64 Å². The summed E-state index contributed by atoms with van der Waals surface area (Å²) in [5, 5.41) is 0. The second-order valence-corrected chi connectivity index (χ2v) is 4.37. The van der Waals surface area contributed by atoms with E-state index in [-0.39, 0.29) is 22.7 Å². The first-order valence-electron chi connectivity index (χ1n) is 4.31. The van der Waals surface area contributed by atoms with Gasteiger partial charge in [-0.15, -0.1) is 0 Å². The quantitative estimate of drug-likeness (QED) is 0.495. The summed E-state index contributed by atoms with van der Waals surface area (Å²) < 4.78 is 4.81. The lowest BCUT2D eigenvalue weighted by molar-refractivity contribution is -0.146. The molecule has 5 heteroatoms. The van der Waals surface area contributed by atoms with Gasteiger partial charge in [0.2, 0.25) is 5.91 Å². The lowest BCUT2D eigenvalue weighted by Crippen LogP contribution is -2.40. The van der Waals surface area contributed by atoms with Crippen LogP contribution in [0.1, 0.15) is 12.8 Å². The molecule has 2 rings (SSSR count). The Kier molecular flexibility index (Phi) is 2.27. The molecule has 2 aliphatic rings. The van der Waals surface area contributed by atoms with Crippen molar-refractivity contribution < 1.29 is 14.3 Å². The third-order valence-corrected chi connectivity index (χ3v) is 3.31. The zero-order valence-corrected chi connectivity index (χ0v) is 8.62. The number of amides is 1. The van der Waals surface area contributed by atoms with E-state index < -0.39 is 0 Å². The van der Waals surface area contributed by atoms with Gasteiger partial charge in [-0.25, -0.2) is 4.79 Å². The maximum atomic E-state index is 11.5. The Hall–Kier alpha value is -0.580. The monoisotopic (exact) mass is 247 g/mol. The third kappa shape index (κ3) is 1.45. The second kappa shape index (κ2) is 3.29. The van der Waals surface area contributed by atoms with E-state index in [1.165, 1.54) is 0 Å². The Morgan fingerprint density at radius 2 is 2.15 bits per heavy atom. The summed E-state index contributed by atoms with van der Waals surface area (Å²) in [7, 11) is 0. The van der Waals surface area contributed by atoms with Gasteiger partial charge >= 0.3 is 5.97 Å². The number of ether oxygens (including phenoxy) is 1. The number of carbonyl (C=O) groups is 2. The second-order valence-electron chi connectivity index (χ2n) is 3.26. The molecule has 0 aromatic carbocycles. The third-order valence-electron chi connectivity index (χ3n) is 2.46. The summed E-state index contributed by atoms with van der Waals surface area (Å²) in [6, 6.07) is -0.324. The molecule has 4 nitrogen and oxygen atoms in total. The zero-order chi connectivity index (χ0) is 9.42. The summed E-state index contributed by atoms with van der Waals surface area (Å²) in [4.78, 5) is 24.2. The minimum Gasteiger partial charge on any atom is -0.464 e. The predicted molar refractivity (Wildman–Crippen MR) is 48.4 cm³/mol. The van der Waals surface area contributed by atoms with E-state index in [0.29, 0.717) is 19.6 Å². The van der Waals surface area contributed by atoms with Crippen LogP contribution in [0.2, 0.25) is 0 Å². The van der Waals surface area contributed by atoms with Crippen LogP contribution < -0.4 is 0 Å². The molecule has 72 valence electrons. The molecule has 0 saturated carbocycles. The zero-order valence-electron chi connectivity index (χ0n) is 7.03.